The first kappa shape index (κ1) is 11.8. The number of hydrogen-bond donors (Lipinski definition) is 1. The van der Waals surface area contributed by atoms with Crippen molar-refractivity contribution in [3.05, 3.63) is 12.7 Å². The molecule has 0 aromatic rings. The number of carbonyl (C=O) groups excluding carboxylic acids is 1. The Morgan fingerprint density at radius 1 is 1.22 bits per heavy atom. The van der Waals surface area contributed by atoms with Crippen molar-refractivity contribution >= 4 is 11.9 Å². The Labute approximate surface area is 106 Å². The van der Waals surface area contributed by atoms with Gasteiger partial charge in [-0.3, -0.25) is 4.79 Å². The molecule has 0 amide bonds. The van der Waals surface area contributed by atoms with E-state index >= 15 is 0 Å². The van der Waals surface area contributed by atoms with Crippen LogP contribution in [-0.2, 0) is 14.3 Å². The van der Waals surface area contributed by atoms with Gasteiger partial charge in [0.25, 0.3) is 0 Å². The zero-order chi connectivity index (χ0) is 13.0. The number of carbonyl (C=O) groups is 2. The monoisotopic (exact) mass is 250 g/mol. The van der Waals surface area contributed by atoms with Crippen LogP contribution in [-0.4, -0.2) is 22.6 Å². The summed E-state index contributed by atoms with van der Waals surface area (Å²) in [5.74, 6) is -0.326. The van der Waals surface area contributed by atoms with Crippen molar-refractivity contribution in [1.82, 2.24) is 0 Å². The SMILES string of the molecule is C=CC(=O)OC12CC3CC(C1)CC(C(=O)O)(C3)C2. The lowest BCUT2D eigenvalue weighted by Gasteiger charge is -2.59. The number of rotatable bonds is 3. The number of esters is 1. The summed E-state index contributed by atoms with van der Waals surface area (Å²) >= 11 is 0. The van der Waals surface area contributed by atoms with Gasteiger partial charge in [0.15, 0.2) is 0 Å². The van der Waals surface area contributed by atoms with Crippen molar-refractivity contribution < 1.29 is 19.4 Å². The molecule has 0 radical (unpaired) electrons. The molecule has 4 nitrogen and oxygen atoms in total. The first-order chi connectivity index (χ1) is 8.47. The second-order valence-electron chi connectivity index (χ2n) is 6.35. The summed E-state index contributed by atoms with van der Waals surface area (Å²) in [4.78, 5) is 23.1. The van der Waals surface area contributed by atoms with Gasteiger partial charge in [0.2, 0.25) is 0 Å². The Kier molecular flexibility index (Phi) is 2.34. The molecule has 0 aromatic heterocycles. The molecular weight excluding hydrogens is 232 g/mol. The Balaban J connectivity index is 1.91. The number of carboxylic acids is 1. The van der Waals surface area contributed by atoms with Crippen molar-refractivity contribution in [3.63, 3.8) is 0 Å². The van der Waals surface area contributed by atoms with Gasteiger partial charge in [-0.2, -0.15) is 0 Å². The number of carboxylic acid groups (broad SMARTS) is 1. The van der Waals surface area contributed by atoms with Crippen LogP contribution in [0.15, 0.2) is 12.7 Å². The molecule has 4 aliphatic rings. The van der Waals surface area contributed by atoms with Crippen molar-refractivity contribution in [2.75, 3.05) is 0 Å². The van der Waals surface area contributed by atoms with Crippen LogP contribution in [0.25, 0.3) is 0 Å². The predicted octanol–water partition coefficient (Wildman–Crippen LogP) is 2.14. The lowest BCUT2D eigenvalue weighted by atomic mass is 9.48. The lowest BCUT2D eigenvalue weighted by Crippen LogP contribution is -2.59. The molecule has 1 N–H and O–H groups in total. The fourth-order valence-corrected chi connectivity index (χ4v) is 4.80. The highest BCUT2D eigenvalue weighted by atomic mass is 16.6. The quantitative estimate of drug-likeness (QED) is 0.615. The second-order valence-corrected chi connectivity index (χ2v) is 6.35. The van der Waals surface area contributed by atoms with Crippen molar-refractivity contribution in [3.8, 4) is 0 Å². The Hall–Kier alpha value is -1.32. The maximum atomic E-state index is 11.6. The highest BCUT2D eigenvalue weighted by Crippen LogP contribution is 2.62. The van der Waals surface area contributed by atoms with Crippen LogP contribution in [0.4, 0.5) is 0 Å². The molecule has 4 fully saturated rings. The molecule has 98 valence electrons. The molecule has 4 heteroatoms. The van der Waals surface area contributed by atoms with E-state index in [2.05, 4.69) is 6.58 Å². The largest absolute Gasteiger partial charge is 0.481 e. The lowest BCUT2D eigenvalue weighted by molar-refractivity contribution is -0.207. The molecule has 4 rings (SSSR count). The third kappa shape index (κ3) is 1.58. The molecule has 4 bridgehead atoms. The highest BCUT2D eigenvalue weighted by Gasteiger charge is 2.62. The first-order valence-electron chi connectivity index (χ1n) is 6.56. The van der Waals surface area contributed by atoms with Crippen LogP contribution in [0.5, 0.6) is 0 Å². The molecule has 0 saturated heterocycles. The maximum Gasteiger partial charge on any atom is 0.330 e. The van der Waals surface area contributed by atoms with Gasteiger partial charge in [-0.05, 0) is 43.9 Å². The van der Waals surface area contributed by atoms with Gasteiger partial charge < -0.3 is 9.84 Å². The molecule has 18 heavy (non-hydrogen) atoms. The standard InChI is InChI=1S/C14H18O4/c1-2-11(15)18-14-6-9-3-10(7-14)5-13(4-9,8-14)12(16)17/h2,9-10H,1,3-8H2,(H,16,17). The van der Waals surface area contributed by atoms with Crippen LogP contribution in [0.1, 0.15) is 38.5 Å². The van der Waals surface area contributed by atoms with E-state index in [1.807, 2.05) is 0 Å². The maximum absolute atomic E-state index is 11.6. The number of ether oxygens (including phenoxy) is 1. The average Bonchev–Trinajstić information content (AvgIpc) is 2.26. The Morgan fingerprint density at radius 2 is 1.83 bits per heavy atom. The van der Waals surface area contributed by atoms with E-state index in [-0.39, 0.29) is 0 Å². The van der Waals surface area contributed by atoms with Crippen LogP contribution >= 0.6 is 0 Å². The summed E-state index contributed by atoms with van der Waals surface area (Å²) in [6, 6.07) is 0. The van der Waals surface area contributed by atoms with E-state index in [1.54, 1.807) is 0 Å². The van der Waals surface area contributed by atoms with Gasteiger partial charge in [0.05, 0.1) is 5.41 Å². The van der Waals surface area contributed by atoms with Gasteiger partial charge in [0.1, 0.15) is 5.60 Å². The second kappa shape index (κ2) is 3.59. The fourth-order valence-electron chi connectivity index (χ4n) is 4.80. The van der Waals surface area contributed by atoms with Crippen molar-refractivity contribution in [1.29, 1.82) is 0 Å². The molecule has 4 saturated carbocycles. The average molecular weight is 250 g/mol. The molecule has 0 aliphatic heterocycles. The fraction of sp³-hybridized carbons (Fsp3) is 0.714. The zero-order valence-electron chi connectivity index (χ0n) is 10.4. The Bertz CT molecular complexity index is 412. The minimum absolute atomic E-state index is 0.403. The summed E-state index contributed by atoms with van der Waals surface area (Å²) in [6.45, 7) is 3.42. The van der Waals surface area contributed by atoms with E-state index in [1.165, 1.54) is 6.08 Å². The van der Waals surface area contributed by atoms with Crippen LogP contribution in [0, 0.1) is 17.3 Å². The van der Waals surface area contributed by atoms with Crippen LogP contribution < -0.4 is 0 Å². The van der Waals surface area contributed by atoms with E-state index < -0.39 is 23.0 Å². The summed E-state index contributed by atoms with van der Waals surface area (Å²) in [5.41, 5.74) is -1.18. The summed E-state index contributed by atoms with van der Waals surface area (Å²) < 4.78 is 5.55. The van der Waals surface area contributed by atoms with Crippen LogP contribution in [0.3, 0.4) is 0 Å². The summed E-state index contributed by atoms with van der Waals surface area (Å²) in [6.07, 6.45) is 5.94. The summed E-state index contributed by atoms with van der Waals surface area (Å²) in [7, 11) is 0. The predicted molar refractivity (Wildman–Crippen MR) is 63.8 cm³/mol. The van der Waals surface area contributed by atoms with E-state index in [0.717, 1.165) is 32.1 Å². The zero-order valence-corrected chi connectivity index (χ0v) is 10.4. The smallest absolute Gasteiger partial charge is 0.330 e. The third-order valence-corrected chi connectivity index (χ3v) is 4.94. The normalized spacial score (nSPS) is 44.7. The molecular formula is C14H18O4. The van der Waals surface area contributed by atoms with Gasteiger partial charge >= 0.3 is 11.9 Å². The molecule has 0 heterocycles. The van der Waals surface area contributed by atoms with Gasteiger partial charge in [0, 0.05) is 12.5 Å². The molecule has 0 aromatic carbocycles. The van der Waals surface area contributed by atoms with Crippen LogP contribution in [0.2, 0.25) is 0 Å². The molecule has 2 atom stereocenters. The minimum Gasteiger partial charge on any atom is -0.481 e. The summed E-state index contributed by atoms with van der Waals surface area (Å²) in [5, 5.41) is 9.52. The molecule has 4 aliphatic carbocycles. The van der Waals surface area contributed by atoms with Crippen molar-refractivity contribution in [2.24, 2.45) is 17.3 Å². The number of hydrogen-bond acceptors (Lipinski definition) is 3. The van der Waals surface area contributed by atoms with Gasteiger partial charge in [-0.25, -0.2) is 4.79 Å². The third-order valence-electron chi connectivity index (χ3n) is 4.94. The van der Waals surface area contributed by atoms with Crippen molar-refractivity contribution in [2.45, 2.75) is 44.1 Å². The topological polar surface area (TPSA) is 63.6 Å². The molecule has 2 unspecified atom stereocenters. The van der Waals surface area contributed by atoms with Gasteiger partial charge in [-0.1, -0.05) is 6.58 Å². The highest BCUT2D eigenvalue weighted by molar-refractivity contribution is 5.82. The first-order valence-corrected chi connectivity index (χ1v) is 6.56. The Morgan fingerprint density at radius 3 is 2.33 bits per heavy atom. The van der Waals surface area contributed by atoms with E-state index in [9.17, 15) is 14.7 Å². The molecule has 0 spiro atoms. The number of aliphatic carboxylic acids is 1. The van der Waals surface area contributed by atoms with E-state index in [0.29, 0.717) is 18.3 Å². The van der Waals surface area contributed by atoms with Gasteiger partial charge in [-0.15, -0.1) is 0 Å². The minimum atomic E-state index is -0.712. The van der Waals surface area contributed by atoms with E-state index in [4.69, 9.17) is 4.74 Å².